The largest absolute Gasteiger partial charge is 0.466 e. The number of nitrogens with one attached hydrogen (secondary N) is 1. The summed E-state index contributed by atoms with van der Waals surface area (Å²) in [7, 11) is 0. The SMILES string of the molecule is CCOC(=O)Cc1c(Br)[nH]ccc1=O. The fourth-order valence-electron chi connectivity index (χ4n) is 1.01. The number of hydrogen-bond acceptors (Lipinski definition) is 3. The molecule has 0 saturated heterocycles. The van der Waals surface area contributed by atoms with Gasteiger partial charge in [-0.2, -0.15) is 0 Å². The van der Waals surface area contributed by atoms with E-state index in [1.165, 1.54) is 12.3 Å². The molecule has 0 unspecified atom stereocenters. The highest BCUT2D eigenvalue weighted by atomic mass is 79.9. The zero-order chi connectivity index (χ0) is 10.6. The first-order valence-electron chi connectivity index (χ1n) is 4.16. The summed E-state index contributed by atoms with van der Waals surface area (Å²) in [5.74, 6) is -0.398. The molecule has 0 radical (unpaired) electrons. The lowest BCUT2D eigenvalue weighted by molar-refractivity contribution is -0.142. The quantitative estimate of drug-likeness (QED) is 0.657. The van der Waals surface area contributed by atoms with Crippen LogP contribution in [-0.4, -0.2) is 17.6 Å². The lowest BCUT2D eigenvalue weighted by Crippen LogP contribution is -2.16. The van der Waals surface area contributed by atoms with Crippen LogP contribution in [0.3, 0.4) is 0 Å². The summed E-state index contributed by atoms with van der Waals surface area (Å²) in [5, 5.41) is 0. The van der Waals surface area contributed by atoms with Crippen molar-refractivity contribution < 1.29 is 9.53 Å². The maximum Gasteiger partial charge on any atom is 0.310 e. The lowest BCUT2D eigenvalue weighted by atomic mass is 10.2. The standard InChI is InChI=1S/C9H10BrNO3/c1-2-14-8(13)5-6-7(12)3-4-11-9(6)10/h3-4H,2,5H2,1H3,(H,11,12). The lowest BCUT2D eigenvalue weighted by Gasteiger charge is -2.02. The van der Waals surface area contributed by atoms with E-state index in [1.807, 2.05) is 0 Å². The molecule has 76 valence electrons. The van der Waals surface area contributed by atoms with Gasteiger partial charge in [0.25, 0.3) is 0 Å². The number of rotatable bonds is 3. The number of hydrogen-bond donors (Lipinski definition) is 1. The first kappa shape index (κ1) is 11.0. The highest BCUT2D eigenvalue weighted by Crippen LogP contribution is 2.09. The van der Waals surface area contributed by atoms with Crippen LogP contribution in [0.1, 0.15) is 12.5 Å². The molecule has 0 fully saturated rings. The predicted octanol–water partition coefficient (Wildman–Crippen LogP) is 1.24. The number of ether oxygens (including phenoxy) is 1. The van der Waals surface area contributed by atoms with E-state index in [0.717, 1.165) is 0 Å². The molecule has 1 aromatic heterocycles. The van der Waals surface area contributed by atoms with E-state index in [-0.39, 0.29) is 11.8 Å². The molecule has 1 rings (SSSR count). The third-order valence-corrected chi connectivity index (χ3v) is 2.34. The zero-order valence-electron chi connectivity index (χ0n) is 7.67. The number of aromatic amines is 1. The van der Waals surface area contributed by atoms with Crippen LogP contribution in [0.5, 0.6) is 0 Å². The minimum absolute atomic E-state index is 0.00933. The molecule has 1 aromatic rings. The summed E-state index contributed by atoms with van der Waals surface area (Å²) in [6.07, 6.45) is 1.51. The summed E-state index contributed by atoms with van der Waals surface area (Å²) in [4.78, 5) is 25.2. The topological polar surface area (TPSA) is 59.2 Å². The number of H-pyrrole nitrogens is 1. The van der Waals surface area contributed by atoms with Gasteiger partial charge < -0.3 is 9.72 Å². The second kappa shape index (κ2) is 4.95. The van der Waals surface area contributed by atoms with Gasteiger partial charge in [-0.15, -0.1) is 0 Å². The second-order valence-corrected chi connectivity index (χ2v) is 3.41. The van der Waals surface area contributed by atoms with Crippen molar-refractivity contribution in [3.63, 3.8) is 0 Å². The Hall–Kier alpha value is -1.10. The van der Waals surface area contributed by atoms with Gasteiger partial charge in [0.1, 0.15) is 0 Å². The van der Waals surface area contributed by atoms with Crippen molar-refractivity contribution in [2.45, 2.75) is 13.3 Å². The van der Waals surface area contributed by atoms with E-state index >= 15 is 0 Å². The molecule has 0 atom stereocenters. The Morgan fingerprint density at radius 2 is 2.36 bits per heavy atom. The molecule has 1 N–H and O–H groups in total. The van der Waals surface area contributed by atoms with E-state index in [0.29, 0.717) is 16.8 Å². The van der Waals surface area contributed by atoms with Crippen LogP contribution < -0.4 is 5.43 Å². The first-order chi connectivity index (χ1) is 6.65. The van der Waals surface area contributed by atoms with Crippen molar-refractivity contribution in [3.05, 3.63) is 32.7 Å². The van der Waals surface area contributed by atoms with Gasteiger partial charge in [-0.25, -0.2) is 0 Å². The van der Waals surface area contributed by atoms with Gasteiger partial charge in [0.2, 0.25) is 0 Å². The van der Waals surface area contributed by atoms with Crippen molar-refractivity contribution >= 4 is 21.9 Å². The Morgan fingerprint density at radius 3 is 2.93 bits per heavy atom. The van der Waals surface area contributed by atoms with Crippen LogP contribution in [0.25, 0.3) is 0 Å². The van der Waals surface area contributed by atoms with Crippen molar-refractivity contribution in [2.24, 2.45) is 0 Å². The molecular weight excluding hydrogens is 250 g/mol. The molecule has 1 heterocycles. The van der Waals surface area contributed by atoms with Crippen molar-refractivity contribution in [3.8, 4) is 0 Å². The number of esters is 1. The Labute approximate surface area is 89.4 Å². The monoisotopic (exact) mass is 259 g/mol. The molecule has 0 amide bonds. The minimum Gasteiger partial charge on any atom is -0.466 e. The molecule has 0 spiro atoms. The van der Waals surface area contributed by atoms with Gasteiger partial charge in [0.15, 0.2) is 5.43 Å². The number of carbonyl (C=O) groups is 1. The highest BCUT2D eigenvalue weighted by Gasteiger charge is 2.10. The first-order valence-corrected chi connectivity index (χ1v) is 4.96. The molecule has 5 heteroatoms. The summed E-state index contributed by atoms with van der Waals surface area (Å²) in [6.45, 7) is 2.05. The molecule has 0 aliphatic rings. The van der Waals surface area contributed by atoms with Gasteiger partial charge in [0.05, 0.1) is 17.6 Å². The van der Waals surface area contributed by atoms with E-state index in [9.17, 15) is 9.59 Å². The van der Waals surface area contributed by atoms with Crippen LogP contribution >= 0.6 is 15.9 Å². The number of pyridine rings is 1. The van der Waals surface area contributed by atoms with Crippen LogP contribution in [0.4, 0.5) is 0 Å². The highest BCUT2D eigenvalue weighted by molar-refractivity contribution is 9.10. The number of carbonyl (C=O) groups excluding carboxylic acids is 1. The molecule has 0 aromatic carbocycles. The summed E-state index contributed by atoms with van der Waals surface area (Å²) in [5.41, 5.74) is 0.217. The van der Waals surface area contributed by atoms with Crippen LogP contribution in [0.15, 0.2) is 21.7 Å². The smallest absolute Gasteiger partial charge is 0.310 e. The van der Waals surface area contributed by atoms with Gasteiger partial charge >= 0.3 is 5.97 Å². The summed E-state index contributed by atoms with van der Waals surface area (Å²) < 4.78 is 5.27. The Kier molecular flexibility index (Phi) is 3.88. The number of aromatic nitrogens is 1. The van der Waals surface area contributed by atoms with Gasteiger partial charge in [-0.1, -0.05) is 0 Å². The summed E-state index contributed by atoms with van der Waals surface area (Å²) >= 11 is 3.16. The van der Waals surface area contributed by atoms with Gasteiger partial charge in [0, 0.05) is 17.8 Å². The minimum atomic E-state index is -0.398. The van der Waals surface area contributed by atoms with E-state index < -0.39 is 5.97 Å². The molecule has 0 aliphatic heterocycles. The maximum absolute atomic E-state index is 11.3. The van der Waals surface area contributed by atoms with Crippen LogP contribution in [0.2, 0.25) is 0 Å². The third kappa shape index (κ3) is 2.70. The van der Waals surface area contributed by atoms with Crippen LogP contribution in [-0.2, 0) is 16.0 Å². The fourth-order valence-corrected chi connectivity index (χ4v) is 1.48. The Bertz CT molecular complexity index is 386. The van der Waals surface area contributed by atoms with Gasteiger partial charge in [-0.3, -0.25) is 9.59 Å². The predicted molar refractivity (Wildman–Crippen MR) is 55.1 cm³/mol. The van der Waals surface area contributed by atoms with Gasteiger partial charge in [-0.05, 0) is 22.9 Å². The average Bonchev–Trinajstić information content (AvgIpc) is 2.12. The summed E-state index contributed by atoms with van der Waals surface area (Å²) in [6, 6.07) is 1.37. The molecule has 0 aliphatic carbocycles. The van der Waals surface area contributed by atoms with Crippen LogP contribution in [0, 0.1) is 0 Å². The normalized spacial score (nSPS) is 9.86. The molecule has 0 bridgehead atoms. The second-order valence-electron chi connectivity index (χ2n) is 2.62. The third-order valence-electron chi connectivity index (χ3n) is 1.63. The van der Waals surface area contributed by atoms with E-state index in [4.69, 9.17) is 4.74 Å². The Morgan fingerprint density at radius 1 is 1.64 bits per heavy atom. The number of halogens is 1. The van der Waals surface area contributed by atoms with Crippen molar-refractivity contribution in [1.82, 2.24) is 4.98 Å². The van der Waals surface area contributed by atoms with E-state index in [2.05, 4.69) is 20.9 Å². The van der Waals surface area contributed by atoms with Crippen molar-refractivity contribution in [2.75, 3.05) is 6.61 Å². The maximum atomic E-state index is 11.3. The zero-order valence-corrected chi connectivity index (χ0v) is 9.26. The van der Waals surface area contributed by atoms with E-state index in [1.54, 1.807) is 6.92 Å². The average molecular weight is 260 g/mol. The molecule has 4 nitrogen and oxygen atoms in total. The molecule has 0 saturated carbocycles. The molecule has 14 heavy (non-hydrogen) atoms. The fraction of sp³-hybridized carbons (Fsp3) is 0.333. The molecular formula is C9H10BrNO3. The van der Waals surface area contributed by atoms with Crippen molar-refractivity contribution in [1.29, 1.82) is 0 Å². The Balaban J connectivity index is 2.86.